The second-order valence-corrected chi connectivity index (χ2v) is 3.63. The third kappa shape index (κ3) is 1.94. The molecular weight excluding hydrogens is 166 g/mol. The molecule has 0 atom stereocenters. The van der Waals surface area contributed by atoms with E-state index < -0.39 is 0 Å². The van der Waals surface area contributed by atoms with E-state index in [1.54, 1.807) is 0 Å². The zero-order valence-corrected chi connectivity index (χ0v) is 7.49. The van der Waals surface area contributed by atoms with Crippen molar-refractivity contribution >= 4 is 5.78 Å². The highest BCUT2D eigenvalue weighted by Crippen LogP contribution is 2.28. The standard InChI is InChI=1S/C9H13N3O/c13-9(8-6-10-12-11-8)5-7-3-1-2-4-7/h6-7H,1-5H2,(H,10,11,12). The predicted molar refractivity (Wildman–Crippen MR) is 47.3 cm³/mol. The maximum Gasteiger partial charge on any atom is 0.184 e. The molecule has 0 bridgehead atoms. The Bertz CT molecular complexity index is 275. The van der Waals surface area contributed by atoms with Gasteiger partial charge in [-0.15, -0.1) is 0 Å². The van der Waals surface area contributed by atoms with E-state index in [1.165, 1.54) is 31.9 Å². The second kappa shape index (κ2) is 3.68. The molecule has 1 fully saturated rings. The minimum absolute atomic E-state index is 0.126. The summed E-state index contributed by atoms with van der Waals surface area (Å²) in [4.78, 5) is 11.5. The fourth-order valence-corrected chi connectivity index (χ4v) is 1.92. The number of Topliss-reactive ketones (excluding diaryl/α,β-unsaturated/α-hetero) is 1. The summed E-state index contributed by atoms with van der Waals surface area (Å²) in [6, 6.07) is 0. The van der Waals surface area contributed by atoms with Crippen molar-refractivity contribution in [2.75, 3.05) is 0 Å². The first-order valence-corrected chi connectivity index (χ1v) is 4.75. The third-order valence-corrected chi connectivity index (χ3v) is 2.65. The van der Waals surface area contributed by atoms with Gasteiger partial charge < -0.3 is 0 Å². The van der Waals surface area contributed by atoms with Crippen LogP contribution in [0.5, 0.6) is 0 Å². The van der Waals surface area contributed by atoms with Gasteiger partial charge >= 0.3 is 0 Å². The molecule has 1 saturated carbocycles. The van der Waals surface area contributed by atoms with Crippen LogP contribution in [0.15, 0.2) is 6.20 Å². The van der Waals surface area contributed by atoms with Crippen molar-refractivity contribution in [1.29, 1.82) is 0 Å². The van der Waals surface area contributed by atoms with Crippen molar-refractivity contribution in [3.8, 4) is 0 Å². The van der Waals surface area contributed by atoms with Gasteiger partial charge in [-0.25, -0.2) is 0 Å². The van der Waals surface area contributed by atoms with Crippen LogP contribution in [0.1, 0.15) is 42.6 Å². The predicted octanol–water partition coefficient (Wildman–Crippen LogP) is 1.57. The van der Waals surface area contributed by atoms with E-state index in [2.05, 4.69) is 15.4 Å². The van der Waals surface area contributed by atoms with Crippen LogP contribution in [0.25, 0.3) is 0 Å². The van der Waals surface area contributed by atoms with Gasteiger partial charge in [-0.2, -0.15) is 15.4 Å². The van der Waals surface area contributed by atoms with Crippen LogP contribution in [0, 0.1) is 5.92 Å². The van der Waals surface area contributed by atoms with Crippen molar-refractivity contribution in [3.63, 3.8) is 0 Å². The van der Waals surface area contributed by atoms with Crippen LogP contribution in [0.3, 0.4) is 0 Å². The highest BCUT2D eigenvalue weighted by atomic mass is 16.1. The number of carbonyl (C=O) groups is 1. The number of rotatable bonds is 3. The molecule has 1 N–H and O–H groups in total. The summed E-state index contributed by atoms with van der Waals surface area (Å²) in [6.07, 6.45) is 7.09. The molecular formula is C9H13N3O. The van der Waals surface area contributed by atoms with Gasteiger partial charge in [0.25, 0.3) is 0 Å². The van der Waals surface area contributed by atoms with Gasteiger partial charge in [-0.1, -0.05) is 25.7 Å². The number of aromatic amines is 1. The molecule has 0 aliphatic heterocycles. The van der Waals surface area contributed by atoms with Gasteiger partial charge in [0, 0.05) is 6.42 Å². The van der Waals surface area contributed by atoms with Crippen molar-refractivity contribution in [3.05, 3.63) is 11.9 Å². The molecule has 13 heavy (non-hydrogen) atoms. The fourth-order valence-electron chi connectivity index (χ4n) is 1.92. The molecule has 1 aromatic heterocycles. The maximum atomic E-state index is 11.5. The molecule has 0 saturated heterocycles. The highest BCUT2D eigenvalue weighted by molar-refractivity contribution is 5.93. The van der Waals surface area contributed by atoms with Gasteiger partial charge in [0.15, 0.2) is 5.78 Å². The number of nitrogens with zero attached hydrogens (tertiary/aromatic N) is 2. The largest absolute Gasteiger partial charge is 0.292 e. The number of ketones is 1. The molecule has 4 nitrogen and oxygen atoms in total. The van der Waals surface area contributed by atoms with Gasteiger partial charge in [-0.05, 0) is 5.92 Å². The Kier molecular flexibility index (Phi) is 2.38. The Balaban J connectivity index is 1.91. The van der Waals surface area contributed by atoms with Crippen LogP contribution in [0.2, 0.25) is 0 Å². The van der Waals surface area contributed by atoms with E-state index in [4.69, 9.17) is 0 Å². The maximum absolute atomic E-state index is 11.5. The summed E-state index contributed by atoms with van der Waals surface area (Å²) in [5.41, 5.74) is 0.479. The monoisotopic (exact) mass is 179 g/mol. The first kappa shape index (κ1) is 8.41. The van der Waals surface area contributed by atoms with Gasteiger partial charge in [0.1, 0.15) is 5.69 Å². The van der Waals surface area contributed by atoms with Gasteiger partial charge in [-0.3, -0.25) is 4.79 Å². The number of hydrogen-bond donors (Lipinski definition) is 1. The van der Waals surface area contributed by atoms with Crippen LogP contribution >= 0.6 is 0 Å². The molecule has 0 amide bonds. The lowest BCUT2D eigenvalue weighted by Crippen LogP contribution is -2.06. The Hall–Kier alpha value is -1.19. The topological polar surface area (TPSA) is 58.6 Å². The lowest BCUT2D eigenvalue weighted by atomic mass is 10.00. The Morgan fingerprint density at radius 2 is 2.31 bits per heavy atom. The Morgan fingerprint density at radius 1 is 1.54 bits per heavy atom. The SMILES string of the molecule is O=C(CC1CCCC1)c1cn[nH]n1. The van der Waals surface area contributed by atoms with E-state index in [0.717, 1.165) is 0 Å². The molecule has 0 spiro atoms. The number of H-pyrrole nitrogens is 1. The van der Waals surface area contributed by atoms with E-state index in [0.29, 0.717) is 18.0 Å². The molecule has 0 radical (unpaired) electrons. The average Bonchev–Trinajstić information content (AvgIpc) is 2.74. The minimum atomic E-state index is 0.126. The molecule has 1 heterocycles. The number of carbonyl (C=O) groups excluding carboxylic acids is 1. The van der Waals surface area contributed by atoms with E-state index in [1.807, 2.05) is 0 Å². The molecule has 4 heteroatoms. The molecule has 1 aliphatic carbocycles. The summed E-state index contributed by atoms with van der Waals surface area (Å²) in [7, 11) is 0. The van der Waals surface area contributed by atoms with E-state index in [-0.39, 0.29) is 5.78 Å². The Labute approximate surface area is 76.7 Å². The normalized spacial score (nSPS) is 17.8. The fraction of sp³-hybridized carbons (Fsp3) is 0.667. The van der Waals surface area contributed by atoms with Crippen LogP contribution < -0.4 is 0 Å². The van der Waals surface area contributed by atoms with Crippen LogP contribution in [-0.2, 0) is 0 Å². The van der Waals surface area contributed by atoms with Crippen molar-refractivity contribution < 1.29 is 4.79 Å². The molecule has 0 unspecified atom stereocenters. The van der Waals surface area contributed by atoms with E-state index >= 15 is 0 Å². The van der Waals surface area contributed by atoms with Crippen molar-refractivity contribution in [1.82, 2.24) is 15.4 Å². The number of hydrogen-bond acceptors (Lipinski definition) is 3. The lowest BCUT2D eigenvalue weighted by Gasteiger charge is -2.04. The smallest absolute Gasteiger partial charge is 0.184 e. The van der Waals surface area contributed by atoms with Crippen LogP contribution in [-0.4, -0.2) is 21.2 Å². The number of aromatic nitrogens is 3. The second-order valence-electron chi connectivity index (χ2n) is 3.63. The summed E-state index contributed by atoms with van der Waals surface area (Å²) < 4.78 is 0. The van der Waals surface area contributed by atoms with Crippen molar-refractivity contribution in [2.45, 2.75) is 32.1 Å². The summed E-state index contributed by atoms with van der Waals surface area (Å²) in [5, 5.41) is 9.85. The van der Waals surface area contributed by atoms with Crippen LogP contribution in [0.4, 0.5) is 0 Å². The highest BCUT2D eigenvalue weighted by Gasteiger charge is 2.20. The zero-order valence-electron chi connectivity index (χ0n) is 7.49. The molecule has 2 rings (SSSR count). The van der Waals surface area contributed by atoms with E-state index in [9.17, 15) is 4.79 Å². The van der Waals surface area contributed by atoms with Gasteiger partial charge in [0.05, 0.1) is 6.20 Å². The molecule has 70 valence electrons. The summed E-state index contributed by atoms with van der Waals surface area (Å²) in [6.45, 7) is 0. The molecule has 1 aromatic rings. The Morgan fingerprint density at radius 3 is 2.92 bits per heavy atom. The summed E-state index contributed by atoms with van der Waals surface area (Å²) >= 11 is 0. The minimum Gasteiger partial charge on any atom is -0.292 e. The lowest BCUT2D eigenvalue weighted by molar-refractivity contribution is 0.0957. The van der Waals surface area contributed by atoms with Crippen molar-refractivity contribution in [2.24, 2.45) is 5.92 Å². The molecule has 0 aromatic carbocycles. The third-order valence-electron chi connectivity index (χ3n) is 2.65. The number of nitrogens with one attached hydrogen (secondary N) is 1. The molecule has 1 aliphatic rings. The first-order valence-electron chi connectivity index (χ1n) is 4.75. The average molecular weight is 179 g/mol. The quantitative estimate of drug-likeness (QED) is 0.716. The summed E-state index contributed by atoms with van der Waals surface area (Å²) in [5.74, 6) is 0.713. The first-order chi connectivity index (χ1) is 6.36. The van der Waals surface area contributed by atoms with Gasteiger partial charge in [0.2, 0.25) is 0 Å². The zero-order chi connectivity index (χ0) is 9.10.